The van der Waals surface area contributed by atoms with Crippen LogP contribution in [0.3, 0.4) is 0 Å². The Hall–Kier alpha value is -11.2. The first-order valence-electron chi connectivity index (χ1n) is 46.1. The molecule has 0 aromatic heterocycles. The Balaban J connectivity index is 0.000000208. The molecule has 12 aromatic rings. The zero-order valence-corrected chi connectivity index (χ0v) is 85.4. The van der Waals surface area contributed by atoms with E-state index in [4.69, 9.17) is 10.9 Å². The fourth-order valence-corrected chi connectivity index (χ4v) is 20.2. The number of nitrogens with zero attached hydrogens (tertiary/aromatic N) is 11. The van der Waals surface area contributed by atoms with Crippen molar-refractivity contribution in [3.63, 3.8) is 0 Å². The van der Waals surface area contributed by atoms with E-state index in [-0.39, 0.29) is 44.1 Å². The Bertz CT molecular complexity index is 5670. The SMILES string of the molecule is C.NNC(=O)CN1CCN(Cc2ccccc2)CC1.O=C(CN1CCN(Cc2ccccc2)CC1)N/N=C/c1ccccc1S.O=C(CN=Cc1ccccc1SSc1ccccc1/C=N/NC(=O)CN1CCN(Cc2ccccc2)CC1)CN1CCN(Cc2ccccc2)CC1.O=Cc1ccccc1S.O=Cc1ccccc1S.O=Cc1ccccc1SSc1ccccc1C=O.OCc1ccccc1S. The molecule has 0 aliphatic carbocycles. The van der Waals surface area contributed by atoms with Crippen molar-refractivity contribution in [2.24, 2.45) is 21.0 Å². The van der Waals surface area contributed by atoms with E-state index in [2.05, 4.69) is 224 Å². The van der Waals surface area contributed by atoms with Gasteiger partial charge in [0.15, 0.2) is 30.9 Å². The summed E-state index contributed by atoms with van der Waals surface area (Å²) in [5, 5.41) is 17.0. The molecule has 0 spiro atoms. The van der Waals surface area contributed by atoms with E-state index in [1.165, 1.54) is 43.8 Å². The van der Waals surface area contributed by atoms with Gasteiger partial charge in [-0.05, 0) is 76.3 Å². The van der Waals surface area contributed by atoms with Crippen molar-refractivity contribution in [2.75, 3.05) is 137 Å². The molecule has 16 rings (SSSR count). The highest BCUT2D eigenvalue weighted by molar-refractivity contribution is 8.77. The third kappa shape index (κ3) is 43.2. The molecule has 0 saturated carbocycles. The van der Waals surface area contributed by atoms with Crippen molar-refractivity contribution in [3.8, 4) is 0 Å². The minimum absolute atomic E-state index is 0. The van der Waals surface area contributed by atoms with Crippen LogP contribution in [0, 0.1) is 0 Å². The van der Waals surface area contributed by atoms with Gasteiger partial charge in [0, 0.05) is 215 Å². The Kier molecular flexibility index (Phi) is 53.7. The normalized spacial score (nSPS) is 14.2. The predicted octanol–water partition coefficient (Wildman–Crippen LogP) is 17.4. The highest BCUT2D eigenvalue weighted by atomic mass is 33.1. The van der Waals surface area contributed by atoms with Crippen molar-refractivity contribution in [1.82, 2.24) is 55.5 Å². The summed E-state index contributed by atoms with van der Waals surface area (Å²) in [6.45, 7) is 20.5. The first kappa shape index (κ1) is 114. The molecular formula is C110H125N15O9S8. The van der Waals surface area contributed by atoms with Gasteiger partial charge >= 0.3 is 0 Å². The maximum Gasteiger partial charge on any atom is 0.254 e. The zero-order valence-electron chi connectivity index (χ0n) is 78.6. The fraction of sp³-hybridized carbons (Fsp3) is 0.245. The first-order chi connectivity index (χ1) is 68.9. The monoisotopic (exact) mass is 2060 g/mol. The molecule has 6 N–H and O–H groups in total. The number of aliphatic hydroxyl groups is 1. The Morgan fingerprint density at radius 1 is 0.296 bits per heavy atom. The molecule has 4 aliphatic heterocycles. The number of rotatable bonds is 34. The van der Waals surface area contributed by atoms with E-state index in [9.17, 15) is 38.4 Å². The molecule has 0 unspecified atom stereocenters. The van der Waals surface area contributed by atoms with E-state index in [0.29, 0.717) is 48.4 Å². The van der Waals surface area contributed by atoms with E-state index >= 15 is 0 Å². The lowest BCUT2D eigenvalue weighted by atomic mass is 10.2. The van der Waals surface area contributed by atoms with Crippen LogP contribution in [-0.2, 0) is 52.0 Å². The van der Waals surface area contributed by atoms with E-state index in [0.717, 1.165) is 217 Å². The summed E-state index contributed by atoms with van der Waals surface area (Å²) in [6.07, 6.45) is 8.41. The van der Waals surface area contributed by atoms with Gasteiger partial charge < -0.3 is 5.11 Å². The maximum atomic E-state index is 12.8. The number of piperazine rings is 4. The third-order valence-electron chi connectivity index (χ3n) is 22.4. The number of ketones is 1. The van der Waals surface area contributed by atoms with Crippen LogP contribution in [0.1, 0.15) is 93.4 Å². The number of aliphatic hydroxyl groups excluding tert-OH is 1. The molecule has 4 aliphatic rings. The number of hydrazone groups is 2. The lowest BCUT2D eigenvalue weighted by molar-refractivity contribution is -0.123. The van der Waals surface area contributed by atoms with Crippen molar-refractivity contribution >= 4 is 161 Å². The number of aldehydes is 4. The number of hydrogen-bond acceptors (Lipinski definition) is 29. The van der Waals surface area contributed by atoms with E-state index in [1.54, 1.807) is 70.4 Å². The highest BCUT2D eigenvalue weighted by Gasteiger charge is 2.24. The summed E-state index contributed by atoms with van der Waals surface area (Å²) >= 11 is 16.6. The summed E-state index contributed by atoms with van der Waals surface area (Å²) in [6, 6.07) is 102. The number of thiol groups is 4. The molecule has 0 bridgehead atoms. The lowest BCUT2D eigenvalue weighted by Gasteiger charge is -2.34. The molecule has 0 atom stereocenters. The second-order valence-corrected chi connectivity index (χ2v) is 39.1. The molecule has 0 radical (unpaired) electrons. The van der Waals surface area contributed by atoms with Crippen LogP contribution in [0.5, 0.6) is 0 Å². The van der Waals surface area contributed by atoms with Gasteiger partial charge in [-0.3, -0.25) is 88.0 Å². The van der Waals surface area contributed by atoms with Crippen LogP contribution in [0.4, 0.5) is 0 Å². The number of aliphatic imine (C=N–C) groups is 1. The molecule has 4 heterocycles. The molecule has 3 amide bonds. The maximum absolute atomic E-state index is 12.8. The summed E-state index contributed by atoms with van der Waals surface area (Å²) in [7, 11) is 6.22. The van der Waals surface area contributed by atoms with Crippen LogP contribution in [0.2, 0.25) is 0 Å². The van der Waals surface area contributed by atoms with Crippen molar-refractivity contribution < 1.29 is 43.5 Å². The summed E-state index contributed by atoms with van der Waals surface area (Å²) < 4.78 is 0. The van der Waals surface area contributed by atoms with E-state index < -0.39 is 0 Å². The lowest BCUT2D eigenvalue weighted by Crippen LogP contribution is -2.49. The van der Waals surface area contributed by atoms with Crippen molar-refractivity contribution in [3.05, 3.63) is 382 Å². The summed E-state index contributed by atoms with van der Waals surface area (Å²) in [4.78, 5) is 121. The number of benzene rings is 12. The van der Waals surface area contributed by atoms with Gasteiger partial charge in [0.05, 0.1) is 51.8 Å². The number of hydrazine groups is 1. The largest absolute Gasteiger partial charge is 0.392 e. The van der Waals surface area contributed by atoms with Crippen LogP contribution in [0.15, 0.2) is 370 Å². The van der Waals surface area contributed by atoms with Crippen LogP contribution >= 0.6 is 93.7 Å². The third-order valence-corrected chi connectivity index (χ3v) is 29.1. The number of carbonyl (C=O) groups excluding carboxylic acids is 8. The quantitative estimate of drug-likeness (QED) is 0.00345. The standard InChI is InChI=1S/C41H47N7O2S2.C20H24N4OS.C14H10O2S2.C13H20N4O.C7H8OS.2C7H6OS.CH4/c49-38(32-47-23-19-45(20-24-47)30-34-11-3-1-4-12-34)29-42-27-36-15-7-9-17-39(36)51-52-40-18-10-8-16-37(40)28-43-44-41(50)33-48-25-21-46(22-26-48)31-35-13-5-2-6-14-35;25-20(22-21-14-18-8-4-5-9-19(18)26)16-24-12-10-23(11-13-24)15-17-6-2-1-3-7-17;15-9-11-5-1-3-7-13(11)17-18-14-8-4-2-6-12(14)10-16;14-15-13(18)11-17-8-6-16(7-9-17)10-12-4-2-1-3-5-12;3*8-5-6-3-1-2-4-7(6)9;/h1-18,27-28H,19-26,29-33H2,(H,44,50);1-9,14,26H,10-13,15-16H2,(H,22,25);1-10H;1-5H,6-11,14H2,(H,15,18);1-4,8-9H,5H2;2*1-5,9H;1H4/b42-27?,43-28+;21-14+;;;;;;. The van der Waals surface area contributed by atoms with Crippen molar-refractivity contribution in [1.29, 1.82) is 0 Å². The van der Waals surface area contributed by atoms with Crippen LogP contribution < -0.4 is 22.1 Å². The molecule has 24 nitrogen and oxygen atoms in total. The van der Waals surface area contributed by atoms with Gasteiger partial charge in [0.1, 0.15) is 0 Å². The Labute approximate surface area is 873 Å². The number of nitrogens with one attached hydrogen (secondary N) is 3. The topological polar surface area (TPSA) is 282 Å². The van der Waals surface area contributed by atoms with Crippen molar-refractivity contribution in [2.45, 2.75) is 79.4 Å². The molecule has 742 valence electrons. The van der Waals surface area contributed by atoms with E-state index in [1.807, 2.05) is 182 Å². The minimum Gasteiger partial charge on any atom is -0.392 e. The number of nitrogens with two attached hydrogens (primary N) is 1. The van der Waals surface area contributed by atoms with Crippen LogP contribution in [0.25, 0.3) is 0 Å². The predicted molar refractivity (Wildman–Crippen MR) is 592 cm³/mol. The van der Waals surface area contributed by atoms with Gasteiger partial charge in [-0.1, -0.05) is 318 Å². The van der Waals surface area contributed by atoms with Gasteiger partial charge in [0.2, 0.25) is 5.91 Å². The van der Waals surface area contributed by atoms with Gasteiger partial charge in [-0.2, -0.15) is 10.2 Å². The Morgan fingerprint density at radius 2 is 0.542 bits per heavy atom. The Morgan fingerprint density at radius 3 is 0.838 bits per heavy atom. The second-order valence-electron chi connectivity index (χ2n) is 32.7. The molecule has 4 fully saturated rings. The number of hydrogen-bond donors (Lipinski definition) is 9. The zero-order chi connectivity index (χ0) is 99.7. The van der Waals surface area contributed by atoms with Gasteiger partial charge in [0.25, 0.3) is 11.8 Å². The molecule has 4 saturated heterocycles. The smallest absolute Gasteiger partial charge is 0.254 e. The average Bonchev–Trinajstić information content (AvgIpc) is 0.880. The number of carbonyl (C=O) groups is 8. The fourth-order valence-electron chi connectivity index (χ4n) is 14.6. The van der Waals surface area contributed by atoms with Gasteiger partial charge in [-0.25, -0.2) is 16.7 Å². The summed E-state index contributed by atoms with van der Waals surface area (Å²) in [5.74, 6) is 4.90. The molecule has 12 aromatic carbocycles. The second kappa shape index (κ2) is 66.6. The first-order valence-corrected chi connectivity index (χ1v) is 52.2. The number of Topliss-reactive ketones (excluding diaryl/α,β-unsaturated/α-hetero) is 1. The van der Waals surface area contributed by atoms with Crippen LogP contribution in [-0.4, -0.2) is 249 Å². The molecule has 32 heteroatoms. The highest BCUT2D eigenvalue weighted by Crippen LogP contribution is 2.41. The molecular weight excluding hydrogens is 1930 g/mol. The summed E-state index contributed by atoms with van der Waals surface area (Å²) in [5.41, 5.74) is 19.1. The number of amides is 3. The molecule has 142 heavy (non-hydrogen) atoms. The van der Waals surface area contributed by atoms with Gasteiger partial charge in [-0.15, -0.1) is 50.5 Å². The average molecular weight is 2060 g/mol. The minimum atomic E-state index is -0.119.